The van der Waals surface area contributed by atoms with E-state index in [0.717, 1.165) is 35.7 Å². The number of aryl methyl sites for hydroxylation is 1. The number of nitrogens with zero attached hydrogens (tertiary/aromatic N) is 3. The van der Waals surface area contributed by atoms with Gasteiger partial charge in [-0.15, -0.1) is 0 Å². The van der Waals surface area contributed by atoms with Crippen LogP contribution < -0.4 is 10.6 Å². The van der Waals surface area contributed by atoms with Gasteiger partial charge >= 0.3 is 6.03 Å². The monoisotopic (exact) mass is 425 g/mol. The number of nitrogens with one attached hydrogen (secondary N) is 2. The van der Waals surface area contributed by atoms with Crippen molar-refractivity contribution in [3.8, 4) is 5.69 Å². The van der Waals surface area contributed by atoms with Gasteiger partial charge in [0.25, 0.3) is 0 Å². The van der Waals surface area contributed by atoms with Gasteiger partial charge in [-0.05, 0) is 61.5 Å². The number of carbonyl (C=O) groups excluding carboxylic acids is 1. The summed E-state index contributed by atoms with van der Waals surface area (Å²) < 4.78 is 1.93. The third kappa shape index (κ3) is 5.09. The summed E-state index contributed by atoms with van der Waals surface area (Å²) in [6, 6.07) is 12.2. The van der Waals surface area contributed by atoms with Gasteiger partial charge in [-0.1, -0.05) is 32.0 Å². The Morgan fingerprint density at radius 3 is 2.50 bits per heavy atom. The van der Waals surface area contributed by atoms with Gasteiger partial charge in [0.15, 0.2) is 0 Å². The number of hydrogen-bond donors (Lipinski definition) is 2. The van der Waals surface area contributed by atoms with E-state index in [1.807, 2.05) is 48.9 Å². The molecule has 1 atom stereocenters. The smallest absolute Gasteiger partial charge is 0.315 e. The lowest BCUT2D eigenvalue weighted by Crippen LogP contribution is -2.42. The molecular formula is C23H31N5OS. The van der Waals surface area contributed by atoms with Gasteiger partial charge in [0.1, 0.15) is 0 Å². The van der Waals surface area contributed by atoms with Crippen LogP contribution in [0.4, 0.5) is 4.79 Å². The number of aromatic nitrogens is 2. The maximum Gasteiger partial charge on any atom is 0.315 e. The van der Waals surface area contributed by atoms with Crippen molar-refractivity contribution < 1.29 is 4.79 Å². The number of amides is 2. The summed E-state index contributed by atoms with van der Waals surface area (Å²) in [7, 11) is 0. The molecule has 160 valence electrons. The summed E-state index contributed by atoms with van der Waals surface area (Å²) >= 11 is 1.69. The van der Waals surface area contributed by atoms with E-state index in [4.69, 9.17) is 0 Å². The molecular weight excluding hydrogens is 394 g/mol. The fourth-order valence-electron chi connectivity index (χ4n) is 3.76. The fraction of sp³-hybridized carbons (Fsp3) is 0.391. The van der Waals surface area contributed by atoms with Crippen LogP contribution in [0.25, 0.3) is 5.69 Å². The molecule has 0 aliphatic carbocycles. The van der Waals surface area contributed by atoms with E-state index in [9.17, 15) is 4.79 Å². The van der Waals surface area contributed by atoms with Gasteiger partial charge in [0, 0.05) is 24.3 Å². The molecule has 2 N–H and O–H groups in total. The number of likely N-dealkylation sites (N-methyl/N-ethyl adjacent to an activating group) is 1. The van der Waals surface area contributed by atoms with Gasteiger partial charge in [-0.25, -0.2) is 9.48 Å². The molecule has 0 bridgehead atoms. The molecule has 0 spiro atoms. The number of para-hydroxylation sites is 1. The lowest BCUT2D eigenvalue weighted by atomic mass is 10.1. The number of urea groups is 1. The average molecular weight is 426 g/mol. The molecule has 0 radical (unpaired) electrons. The molecule has 6 nitrogen and oxygen atoms in total. The molecule has 3 rings (SSSR count). The molecule has 0 aliphatic heterocycles. The highest BCUT2D eigenvalue weighted by Gasteiger charge is 2.19. The first-order chi connectivity index (χ1) is 14.5. The quantitative estimate of drug-likeness (QED) is 0.533. The van der Waals surface area contributed by atoms with Gasteiger partial charge in [0.2, 0.25) is 0 Å². The van der Waals surface area contributed by atoms with E-state index in [2.05, 4.69) is 51.3 Å². The highest BCUT2D eigenvalue weighted by atomic mass is 32.1. The zero-order valence-corrected chi connectivity index (χ0v) is 19.0. The van der Waals surface area contributed by atoms with E-state index in [-0.39, 0.29) is 12.1 Å². The van der Waals surface area contributed by atoms with Crippen LogP contribution in [0.2, 0.25) is 0 Å². The van der Waals surface area contributed by atoms with Gasteiger partial charge in [-0.2, -0.15) is 16.4 Å². The Hall–Kier alpha value is -2.64. The van der Waals surface area contributed by atoms with Gasteiger partial charge in [0.05, 0.1) is 17.4 Å². The Morgan fingerprint density at radius 2 is 1.87 bits per heavy atom. The Balaban J connectivity index is 1.61. The molecule has 30 heavy (non-hydrogen) atoms. The van der Waals surface area contributed by atoms with Crippen molar-refractivity contribution in [2.24, 2.45) is 0 Å². The second kappa shape index (κ2) is 10.4. The zero-order valence-electron chi connectivity index (χ0n) is 18.2. The molecule has 0 saturated heterocycles. The van der Waals surface area contributed by atoms with Crippen molar-refractivity contribution in [1.82, 2.24) is 25.3 Å². The predicted octanol–water partition coefficient (Wildman–Crippen LogP) is 4.43. The minimum atomic E-state index is -0.159. The van der Waals surface area contributed by atoms with Gasteiger partial charge < -0.3 is 10.6 Å². The van der Waals surface area contributed by atoms with E-state index < -0.39 is 0 Å². The number of benzene rings is 1. The number of thiophene rings is 1. The van der Waals surface area contributed by atoms with Crippen LogP contribution in [0.1, 0.15) is 42.4 Å². The summed E-state index contributed by atoms with van der Waals surface area (Å²) in [6.45, 7) is 11.2. The third-order valence-corrected chi connectivity index (χ3v) is 6.21. The van der Waals surface area contributed by atoms with Crippen molar-refractivity contribution in [3.63, 3.8) is 0 Å². The van der Waals surface area contributed by atoms with Crippen LogP contribution in [-0.2, 0) is 6.54 Å². The van der Waals surface area contributed by atoms with Crippen molar-refractivity contribution in [2.45, 2.75) is 40.3 Å². The minimum absolute atomic E-state index is 0.159. The lowest BCUT2D eigenvalue weighted by molar-refractivity contribution is 0.206. The molecule has 0 fully saturated rings. The third-order valence-electron chi connectivity index (χ3n) is 5.50. The molecule has 2 heterocycles. The van der Waals surface area contributed by atoms with E-state index in [0.29, 0.717) is 13.1 Å². The summed E-state index contributed by atoms with van der Waals surface area (Å²) in [6.07, 6.45) is 0. The minimum Gasteiger partial charge on any atom is -0.336 e. The van der Waals surface area contributed by atoms with E-state index in [1.165, 1.54) is 5.56 Å². The number of hydrogen-bond acceptors (Lipinski definition) is 4. The normalized spacial score (nSPS) is 12.2. The van der Waals surface area contributed by atoms with Crippen molar-refractivity contribution in [2.75, 3.05) is 19.6 Å². The van der Waals surface area contributed by atoms with Crippen LogP contribution >= 0.6 is 11.3 Å². The van der Waals surface area contributed by atoms with Gasteiger partial charge in [-0.3, -0.25) is 4.90 Å². The molecule has 2 aromatic heterocycles. The van der Waals surface area contributed by atoms with Crippen LogP contribution in [0.15, 0.2) is 47.2 Å². The van der Waals surface area contributed by atoms with Crippen molar-refractivity contribution in [3.05, 3.63) is 69.7 Å². The SMILES string of the molecule is CCN(CC)C(CNC(=O)NCc1c(C)nn(-c2ccccc2)c1C)c1ccsc1. The Morgan fingerprint density at radius 1 is 1.13 bits per heavy atom. The van der Waals surface area contributed by atoms with Crippen molar-refractivity contribution in [1.29, 1.82) is 0 Å². The van der Waals surface area contributed by atoms with E-state index in [1.54, 1.807) is 11.3 Å². The highest BCUT2D eigenvalue weighted by Crippen LogP contribution is 2.22. The first kappa shape index (κ1) is 22.1. The van der Waals surface area contributed by atoms with Crippen LogP contribution in [0.3, 0.4) is 0 Å². The average Bonchev–Trinajstić information content (AvgIpc) is 3.39. The molecule has 3 aromatic rings. The fourth-order valence-corrected chi connectivity index (χ4v) is 4.47. The maximum absolute atomic E-state index is 12.5. The molecule has 0 aliphatic rings. The number of rotatable bonds is 9. The van der Waals surface area contributed by atoms with Crippen molar-refractivity contribution >= 4 is 17.4 Å². The second-order valence-corrected chi connectivity index (χ2v) is 8.03. The summed E-state index contributed by atoms with van der Waals surface area (Å²) in [4.78, 5) is 14.9. The molecule has 0 saturated carbocycles. The first-order valence-corrected chi connectivity index (χ1v) is 11.4. The first-order valence-electron chi connectivity index (χ1n) is 10.4. The molecule has 1 unspecified atom stereocenters. The van der Waals surface area contributed by atoms with Crippen LogP contribution in [0, 0.1) is 13.8 Å². The van der Waals surface area contributed by atoms with Crippen LogP contribution in [0.5, 0.6) is 0 Å². The number of carbonyl (C=O) groups is 1. The predicted molar refractivity (Wildman–Crippen MR) is 123 cm³/mol. The summed E-state index contributed by atoms with van der Waals surface area (Å²) in [5.41, 5.74) is 5.29. The zero-order chi connectivity index (χ0) is 21.5. The topological polar surface area (TPSA) is 62.2 Å². The molecule has 7 heteroatoms. The molecule has 1 aromatic carbocycles. The highest BCUT2D eigenvalue weighted by molar-refractivity contribution is 7.07. The van der Waals surface area contributed by atoms with E-state index >= 15 is 0 Å². The maximum atomic E-state index is 12.5. The van der Waals surface area contributed by atoms with Crippen LogP contribution in [-0.4, -0.2) is 40.3 Å². The lowest BCUT2D eigenvalue weighted by Gasteiger charge is -2.29. The largest absolute Gasteiger partial charge is 0.336 e. The Labute approximate surface area is 182 Å². The second-order valence-electron chi connectivity index (χ2n) is 7.25. The standard InChI is InChI=1S/C23H31N5OS/c1-5-27(6-2)22(19-12-13-30-16-19)15-25-23(29)24-14-21-17(3)26-28(18(21)4)20-10-8-7-9-11-20/h7-13,16,22H,5-6,14-15H2,1-4H3,(H2,24,25,29). The molecule has 2 amide bonds. The summed E-state index contributed by atoms with van der Waals surface area (Å²) in [5.74, 6) is 0. The summed E-state index contributed by atoms with van der Waals surface area (Å²) in [5, 5.41) is 15.0. The Kier molecular flexibility index (Phi) is 7.65. The Bertz CT molecular complexity index is 932.